The summed E-state index contributed by atoms with van der Waals surface area (Å²) >= 11 is 2.80. The molecule has 2 heterocycles. The first-order chi connectivity index (χ1) is 23.6. The van der Waals surface area contributed by atoms with Crippen molar-refractivity contribution >= 4 is 40.9 Å². The van der Waals surface area contributed by atoms with Crippen LogP contribution in [0.1, 0.15) is 53.9 Å². The van der Waals surface area contributed by atoms with Crippen LogP contribution in [-0.2, 0) is 41.9 Å². The Labute approximate surface area is 296 Å². The predicted octanol–water partition coefficient (Wildman–Crippen LogP) is 5.34. The number of aromatic nitrogens is 2. The number of nitrogens with one attached hydrogen (secondary N) is 3. The van der Waals surface area contributed by atoms with Gasteiger partial charge in [-0.25, -0.2) is 18.9 Å². The minimum absolute atomic E-state index is 0.0679. The van der Waals surface area contributed by atoms with Crippen molar-refractivity contribution in [3.63, 3.8) is 0 Å². The van der Waals surface area contributed by atoms with Crippen molar-refractivity contribution in [1.29, 1.82) is 0 Å². The van der Waals surface area contributed by atoms with E-state index in [1.165, 1.54) is 16.4 Å². The van der Waals surface area contributed by atoms with Gasteiger partial charge in [-0.05, 0) is 60.3 Å². The van der Waals surface area contributed by atoms with Gasteiger partial charge in [0.25, 0.3) is 0 Å². The summed E-state index contributed by atoms with van der Waals surface area (Å²) in [5, 5.41) is 23.4. The molecule has 0 fully saturated rings. The van der Waals surface area contributed by atoms with Crippen molar-refractivity contribution in [3.8, 4) is 0 Å². The molecule has 49 heavy (non-hydrogen) atoms. The van der Waals surface area contributed by atoms with Crippen LogP contribution in [-0.4, -0.2) is 68.7 Å². The van der Waals surface area contributed by atoms with E-state index in [1.807, 2.05) is 86.8 Å². The number of aliphatic hydroxyl groups excluding tert-OH is 1. The number of hydrogen-bond donors (Lipinski definition) is 4. The Morgan fingerprint density at radius 1 is 0.939 bits per heavy atom. The van der Waals surface area contributed by atoms with E-state index in [2.05, 4.69) is 25.3 Å². The molecule has 4 amide bonds. The topological polar surface area (TPSA) is 146 Å². The summed E-state index contributed by atoms with van der Waals surface area (Å²) in [6, 6.07) is 18.6. The van der Waals surface area contributed by atoms with E-state index in [4.69, 9.17) is 4.74 Å². The smallest absolute Gasteiger partial charge is 0.407 e. The van der Waals surface area contributed by atoms with Gasteiger partial charge in [0.1, 0.15) is 12.6 Å². The summed E-state index contributed by atoms with van der Waals surface area (Å²) in [6.45, 7) is 6.17. The Balaban J connectivity index is 1.47. The molecule has 11 nitrogen and oxygen atoms in total. The lowest BCUT2D eigenvalue weighted by Gasteiger charge is -2.30. The molecule has 0 aliphatic rings. The highest BCUT2D eigenvalue weighted by Crippen LogP contribution is 2.17. The number of nitrogens with zero attached hydrogens (tertiary/aromatic N) is 3. The van der Waals surface area contributed by atoms with Crippen LogP contribution in [0.5, 0.6) is 0 Å². The van der Waals surface area contributed by atoms with E-state index in [-0.39, 0.29) is 30.9 Å². The summed E-state index contributed by atoms with van der Waals surface area (Å²) in [6.07, 6.45) is 1.67. The Kier molecular flexibility index (Phi) is 14.5. The molecule has 0 unspecified atom stereocenters. The van der Waals surface area contributed by atoms with E-state index >= 15 is 0 Å². The molecule has 0 radical (unpaired) electrons. The first-order valence-electron chi connectivity index (χ1n) is 16.4. The lowest BCUT2D eigenvalue weighted by molar-refractivity contribution is -0.124. The van der Waals surface area contributed by atoms with Crippen LogP contribution in [0.2, 0.25) is 0 Å². The van der Waals surface area contributed by atoms with Crippen molar-refractivity contribution in [2.75, 3.05) is 7.05 Å². The van der Waals surface area contributed by atoms with Gasteiger partial charge in [-0.2, -0.15) is 0 Å². The van der Waals surface area contributed by atoms with Crippen molar-refractivity contribution in [3.05, 3.63) is 105 Å². The summed E-state index contributed by atoms with van der Waals surface area (Å²) in [5.41, 5.74) is 2.69. The second-order valence-electron chi connectivity index (χ2n) is 12.3. The average molecular weight is 707 g/mol. The zero-order valence-electron chi connectivity index (χ0n) is 28.4. The second-order valence-corrected chi connectivity index (χ2v) is 14.2. The Bertz CT molecular complexity index is 1590. The molecule has 0 bridgehead atoms. The van der Waals surface area contributed by atoms with Crippen LogP contribution < -0.4 is 16.0 Å². The molecule has 0 spiro atoms. The first-order valence-corrected chi connectivity index (χ1v) is 18.1. The van der Waals surface area contributed by atoms with Crippen LogP contribution in [0, 0.1) is 5.92 Å². The number of carbonyl (C=O) groups excluding carboxylic acids is 3. The maximum absolute atomic E-state index is 13.8. The van der Waals surface area contributed by atoms with E-state index in [1.54, 1.807) is 30.6 Å². The third-order valence-corrected chi connectivity index (χ3v) is 9.73. The molecule has 0 aliphatic heterocycles. The average Bonchev–Trinajstić information content (AvgIpc) is 3.79. The third kappa shape index (κ3) is 12.3. The maximum Gasteiger partial charge on any atom is 0.407 e. The van der Waals surface area contributed by atoms with Gasteiger partial charge in [0, 0.05) is 24.7 Å². The zero-order chi connectivity index (χ0) is 35.2. The quantitative estimate of drug-likeness (QED) is 0.116. The number of carbonyl (C=O) groups is 3. The second kappa shape index (κ2) is 19.0. The molecule has 4 rings (SSSR count). The zero-order valence-corrected chi connectivity index (χ0v) is 30.0. The van der Waals surface area contributed by atoms with Gasteiger partial charge in [0.15, 0.2) is 0 Å². The largest absolute Gasteiger partial charge is 0.444 e. The molecular weight excluding hydrogens is 661 g/mol. The fraction of sp³-hybridized carbons (Fsp3) is 0.417. The summed E-state index contributed by atoms with van der Waals surface area (Å²) in [4.78, 5) is 46.8. The number of amides is 4. The van der Waals surface area contributed by atoms with Gasteiger partial charge in [0.2, 0.25) is 5.91 Å². The van der Waals surface area contributed by atoms with E-state index in [0.717, 1.165) is 33.1 Å². The number of aryl methyl sites for hydroxylation is 1. The molecule has 0 aliphatic carbocycles. The molecule has 4 atom stereocenters. The molecule has 2 aromatic carbocycles. The molecule has 262 valence electrons. The standard InChI is InChI=1S/C36H46N6O5S2/c1-5-32-38-28(23-48-32)21-42(4)35(45)41-33(24(2)3)34(44)39-27(18-25-12-8-6-9-13-25)20-31(43)30(19-26-14-10-7-11-15-26)40-36(46)47-22-29-16-17-37-49-29/h6-17,23-24,27,30-31,33,43H,5,18-22H2,1-4H3,(H,39,44)(H,40,46)(H,41,45)/t27-,30-,31-,33-/m0/s1. The number of hydrogen-bond acceptors (Lipinski definition) is 9. The lowest BCUT2D eigenvalue weighted by atomic mass is 9.93. The lowest BCUT2D eigenvalue weighted by Crippen LogP contribution is -2.55. The fourth-order valence-electron chi connectivity index (χ4n) is 5.31. The number of benzene rings is 2. The van der Waals surface area contributed by atoms with Crippen LogP contribution in [0.4, 0.5) is 9.59 Å². The summed E-state index contributed by atoms with van der Waals surface area (Å²) in [5.74, 6) is -0.574. The van der Waals surface area contributed by atoms with Gasteiger partial charge in [-0.1, -0.05) is 81.4 Å². The highest BCUT2D eigenvalue weighted by atomic mass is 32.1. The van der Waals surface area contributed by atoms with Crippen LogP contribution in [0.15, 0.2) is 78.3 Å². The van der Waals surface area contributed by atoms with Gasteiger partial charge in [0.05, 0.1) is 34.3 Å². The Morgan fingerprint density at radius 3 is 2.20 bits per heavy atom. The van der Waals surface area contributed by atoms with Crippen molar-refractivity contribution < 1.29 is 24.2 Å². The maximum atomic E-state index is 13.8. The number of alkyl carbamates (subject to hydrolysis) is 1. The highest BCUT2D eigenvalue weighted by molar-refractivity contribution is 7.09. The van der Waals surface area contributed by atoms with Crippen LogP contribution in [0.3, 0.4) is 0 Å². The van der Waals surface area contributed by atoms with Crippen molar-refractivity contribution in [1.82, 2.24) is 30.2 Å². The minimum Gasteiger partial charge on any atom is -0.444 e. The van der Waals surface area contributed by atoms with Crippen LogP contribution in [0.25, 0.3) is 0 Å². The summed E-state index contributed by atoms with van der Waals surface area (Å²) < 4.78 is 9.45. The number of rotatable bonds is 17. The molecule has 0 saturated heterocycles. The van der Waals surface area contributed by atoms with Gasteiger partial charge in [-0.3, -0.25) is 4.79 Å². The first kappa shape index (κ1) is 37.5. The SMILES string of the molecule is CCc1nc(CN(C)C(=O)N[C@H](C(=O)N[C@@H](Cc2ccccc2)C[C@H](O)[C@H](Cc2ccccc2)NC(=O)OCc2ccns2)C(C)C)cs1. The fourth-order valence-corrected chi connectivity index (χ4v) is 6.54. The Morgan fingerprint density at radius 2 is 1.61 bits per heavy atom. The normalized spacial score (nSPS) is 13.6. The third-order valence-electron chi connectivity index (χ3n) is 7.98. The van der Waals surface area contributed by atoms with E-state index < -0.39 is 30.3 Å². The monoisotopic (exact) mass is 706 g/mol. The summed E-state index contributed by atoms with van der Waals surface area (Å²) in [7, 11) is 1.67. The molecule has 4 N–H and O–H groups in total. The van der Waals surface area contributed by atoms with Gasteiger partial charge >= 0.3 is 12.1 Å². The number of aliphatic hydroxyl groups is 1. The van der Waals surface area contributed by atoms with Crippen molar-refractivity contribution in [2.45, 2.75) is 83.8 Å². The molecule has 4 aromatic rings. The van der Waals surface area contributed by atoms with Crippen LogP contribution >= 0.6 is 22.9 Å². The molecule has 13 heteroatoms. The molecule has 2 aromatic heterocycles. The van der Waals surface area contributed by atoms with Gasteiger partial charge < -0.3 is 30.7 Å². The molecule has 0 saturated carbocycles. The predicted molar refractivity (Wildman–Crippen MR) is 192 cm³/mol. The number of thiazole rings is 1. The Hall–Kier alpha value is -4.33. The highest BCUT2D eigenvalue weighted by Gasteiger charge is 2.31. The van der Waals surface area contributed by atoms with Crippen molar-refractivity contribution in [2.24, 2.45) is 5.92 Å². The van der Waals surface area contributed by atoms with E-state index in [0.29, 0.717) is 19.4 Å². The number of ether oxygens (including phenoxy) is 1. The van der Waals surface area contributed by atoms with E-state index in [9.17, 15) is 19.5 Å². The minimum atomic E-state index is -1.05. The molecular formula is C36H46N6O5S2. The number of urea groups is 1. The van der Waals surface area contributed by atoms with Gasteiger partial charge in [-0.15, -0.1) is 11.3 Å².